The Morgan fingerprint density at radius 1 is 1.14 bits per heavy atom. The number of nitrogens with one attached hydrogen (secondary N) is 1. The maximum atomic E-state index is 12.9. The lowest BCUT2D eigenvalue weighted by Gasteiger charge is -2.39. The van der Waals surface area contributed by atoms with Gasteiger partial charge in [-0.1, -0.05) is 29.3 Å². The minimum absolute atomic E-state index is 0.0241. The molecular formula is C16H20Cl2N2O. The van der Waals surface area contributed by atoms with E-state index in [0.717, 1.165) is 32.4 Å². The van der Waals surface area contributed by atoms with Crippen LogP contribution in [0.5, 0.6) is 0 Å². The van der Waals surface area contributed by atoms with Crippen LogP contribution in [0.3, 0.4) is 0 Å². The molecule has 3 rings (SSSR count). The molecule has 2 aliphatic heterocycles. The van der Waals surface area contributed by atoms with Crippen LogP contribution in [0, 0.1) is 0 Å². The number of hydrogen-bond donors (Lipinski definition) is 1. The van der Waals surface area contributed by atoms with Gasteiger partial charge in [0.25, 0.3) is 5.91 Å². The molecule has 114 valence electrons. The molecule has 2 unspecified atom stereocenters. The van der Waals surface area contributed by atoms with Gasteiger partial charge in [-0.25, -0.2) is 0 Å². The molecule has 0 bridgehead atoms. The average Bonchev–Trinajstić information content (AvgIpc) is 3.01. The van der Waals surface area contributed by atoms with E-state index in [9.17, 15) is 4.79 Å². The molecule has 0 aliphatic carbocycles. The first-order valence-corrected chi connectivity index (χ1v) is 8.42. The van der Waals surface area contributed by atoms with E-state index in [-0.39, 0.29) is 11.9 Å². The number of likely N-dealkylation sites (tertiary alicyclic amines) is 1. The lowest BCUT2D eigenvalue weighted by molar-refractivity contribution is 0.0564. The van der Waals surface area contributed by atoms with E-state index in [1.165, 1.54) is 12.8 Å². The molecule has 0 aromatic heterocycles. The average molecular weight is 327 g/mol. The summed E-state index contributed by atoms with van der Waals surface area (Å²) in [5, 5.41) is 4.41. The van der Waals surface area contributed by atoms with E-state index < -0.39 is 0 Å². The van der Waals surface area contributed by atoms with Crippen molar-refractivity contribution in [2.45, 2.75) is 44.2 Å². The summed E-state index contributed by atoms with van der Waals surface area (Å²) in [5.74, 6) is -0.0241. The first kappa shape index (κ1) is 15.1. The molecule has 0 radical (unpaired) electrons. The fourth-order valence-corrected chi connectivity index (χ4v) is 4.07. The molecule has 2 fully saturated rings. The minimum Gasteiger partial charge on any atom is -0.334 e. The van der Waals surface area contributed by atoms with Crippen LogP contribution in [0.4, 0.5) is 0 Å². The topological polar surface area (TPSA) is 32.3 Å². The summed E-state index contributed by atoms with van der Waals surface area (Å²) in [7, 11) is 0. The Labute approximate surface area is 135 Å². The predicted octanol–water partition coefficient (Wildman–Crippen LogP) is 3.74. The number of benzene rings is 1. The first-order valence-electron chi connectivity index (χ1n) is 7.67. The van der Waals surface area contributed by atoms with Crippen molar-refractivity contribution in [1.82, 2.24) is 10.2 Å². The van der Waals surface area contributed by atoms with Crippen molar-refractivity contribution in [3.05, 3.63) is 33.8 Å². The zero-order valence-electron chi connectivity index (χ0n) is 11.9. The fourth-order valence-electron chi connectivity index (χ4n) is 3.51. The second-order valence-corrected chi connectivity index (χ2v) is 6.68. The molecule has 1 N–H and O–H groups in total. The molecule has 1 aromatic rings. The zero-order chi connectivity index (χ0) is 14.8. The minimum atomic E-state index is -0.0241. The lowest BCUT2D eigenvalue weighted by Crippen LogP contribution is -2.52. The predicted molar refractivity (Wildman–Crippen MR) is 86.2 cm³/mol. The molecule has 2 atom stereocenters. The van der Waals surface area contributed by atoms with E-state index in [2.05, 4.69) is 5.32 Å². The molecular weight excluding hydrogens is 307 g/mol. The smallest absolute Gasteiger partial charge is 0.257 e. The maximum Gasteiger partial charge on any atom is 0.257 e. The second-order valence-electron chi connectivity index (χ2n) is 5.86. The van der Waals surface area contributed by atoms with Gasteiger partial charge in [-0.15, -0.1) is 0 Å². The summed E-state index contributed by atoms with van der Waals surface area (Å²) >= 11 is 12.4. The Hall–Kier alpha value is -0.770. The van der Waals surface area contributed by atoms with Gasteiger partial charge in [0.15, 0.2) is 0 Å². The largest absolute Gasteiger partial charge is 0.334 e. The van der Waals surface area contributed by atoms with Crippen LogP contribution in [0.15, 0.2) is 18.2 Å². The summed E-state index contributed by atoms with van der Waals surface area (Å²) in [4.78, 5) is 14.9. The van der Waals surface area contributed by atoms with Crippen LogP contribution in [-0.2, 0) is 0 Å². The Balaban J connectivity index is 1.87. The van der Waals surface area contributed by atoms with Gasteiger partial charge in [-0.05, 0) is 50.8 Å². The van der Waals surface area contributed by atoms with E-state index in [1.54, 1.807) is 18.2 Å². The number of piperidine rings is 1. The highest BCUT2D eigenvalue weighted by Gasteiger charge is 2.35. The van der Waals surface area contributed by atoms with Gasteiger partial charge < -0.3 is 10.2 Å². The number of hydrogen-bond acceptors (Lipinski definition) is 2. The Bertz CT molecular complexity index is 509. The number of carbonyl (C=O) groups excluding carboxylic acids is 1. The summed E-state index contributed by atoms with van der Waals surface area (Å²) in [5.41, 5.74) is 0.450. The van der Waals surface area contributed by atoms with Gasteiger partial charge in [-0.3, -0.25) is 4.79 Å². The van der Waals surface area contributed by atoms with Crippen LogP contribution in [0.2, 0.25) is 10.0 Å². The van der Waals surface area contributed by atoms with Gasteiger partial charge in [0.05, 0.1) is 15.6 Å². The third-order valence-corrected chi connectivity index (χ3v) is 5.18. The van der Waals surface area contributed by atoms with Crippen LogP contribution in [0.25, 0.3) is 0 Å². The second kappa shape index (κ2) is 6.55. The summed E-state index contributed by atoms with van der Waals surface area (Å²) in [6.45, 7) is 1.85. The molecule has 0 spiro atoms. The van der Waals surface area contributed by atoms with E-state index in [0.29, 0.717) is 21.7 Å². The molecule has 2 aliphatic rings. The van der Waals surface area contributed by atoms with Gasteiger partial charge in [0.1, 0.15) is 0 Å². The van der Waals surface area contributed by atoms with Crippen LogP contribution in [-0.4, -0.2) is 36.0 Å². The highest BCUT2D eigenvalue weighted by Crippen LogP contribution is 2.30. The lowest BCUT2D eigenvalue weighted by atomic mass is 9.93. The zero-order valence-corrected chi connectivity index (χ0v) is 13.5. The third kappa shape index (κ3) is 3.05. The monoisotopic (exact) mass is 326 g/mol. The van der Waals surface area contributed by atoms with Gasteiger partial charge in [-0.2, -0.15) is 0 Å². The van der Waals surface area contributed by atoms with Crippen molar-refractivity contribution < 1.29 is 4.79 Å². The number of nitrogens with zero attached hydrogens (tertiary/aromatic N) is 1. The van der Waals surface area contributed by atoms with Crippen molar-refractivity contribution in [2.75, 3.05) is 13.1 Å². The van der Waals surface area contributed by atoms with Crippen molar-refractivity contribution in [2.24, 2.45) is 0 Å². The van der Waals surface area contributed by atoms with Crippen molar-refractivity contribution in [1.29, 1.82) is 0 Å². The quantitative estimate of drug-likeness (QED) is 0.897. The molecule has 5 heteroatoms. The van der Waals surface area contributed by atoms with Crippen LogP contribution < -0.4 is 5.32 Å². The number of amides is 1. The first-order chi connectivity index (χ1) is 10.2. The van der Waals surface area contributed by atoms with Crippen molar-refractivity contribution in [3.63, 3.8) is 0 Å². The number of carbonyl (C=O) groups is 1. The number of halogens is 2. The standard InChI is InChI=1S/C16H20Cl2N2O/c17-11-5-3-6-12(18)15(11)16(21)20-10-2-1-8-14(20)13-7-4-9-19-13/h3,5-6,13-14,19H,1-2,4,7-10H2. The Morgan fingerprint density at radius 2 is 1.90 bits per heavy atom. The molecule has 2 heterocycles. The van der Waals surface area contributed by atoms with Gasteiger partial charge >= 0.3 is 0 Å². The van der Waals surface area contributed by atoms with E-state index >= 15 is 0 Å². The molecule has 1 amide bonds. The van der Waals surface area contributed by atoms with E-state index in [1.807, 2.05) is 4.90 Å². The maximum absolute atomic E-state index is 12.9. The SMILES string of the molecule is O=C(c1c(Cl)cccc1Cl)N1CCCCC1C1CCCN1. The Morgan fingerprint density at radius 3 is 2.57 bits per heavy atom. The van der Waals surface area contributed by atoms with Crippen molar-refractivity contribution >= 4 is 29.1 Å². The summed E-state index contributed by atoms with van der Waals surface area (Å²) in [6, 6.07) is 5.91. The number of rotatable bonds is 2. The van der Waals surface area contributed by atoms with Crippen LogP contribution >= 0.6 is 23.2 Å². The van der Waals surface area contributed by atoms with Crippen molar-refractivity contribution in [3.8, 4) is 0 Å². The third-order valence-electron chi connectivity index (χ3n) is 4.55. The molecule has 3 nitrogen and oxygen atoms in total. The normalized spacial score (nSPS) is 26.1. The fraction of sp³-hybridized carbons (Fsp3) is 0.562. The molecule has 1 aromatic carbocycles. The van der Waals surface area contributed by atoms with E-state index in [4.69, 9.17) is 23.2 Å². The highest BCUT2D eigenvalue weighted by molar-refractivity contribution is 6.39. The Kier molecular flexibility index (Phi) is 4.72. The summed E-state index contributed by atoms with van der Waals surface area (Å²) in [6.07, 6.45) is 5.63. The highest BCUT2D eigenvalue weighted by atomic mass is 35.5. The van der Waals surface area contributed by atoms with Gasteiger partial charge in [0.2, 0.25) is 0 Å². The van der Waals surface area contributed by atoms with Crippen LogP contribution in [0.1, 0.15) is 42.5 Å². The molecule has 0 saturated carbocycles. The molecule has 2 saturated heterocycles. The summed E-state index contributed by atoms with van der Waals surface area (Å²) < 4.78 is 0. The molecule has 21 heavy (non-hydrogen) atoms. The van der Waals surface area contributed by atoms with Gasteiger partial charge in [0, 0.05) is 18.6 Å².